The maximum Gasteiger partial charge on any atom is 0.289 e. The summed E-state index contributed by atoms with van der Waals surface area (Å²) in [5.41, 5.74) is 0.981. The van der Waals surface area contributed by atoms with Gasteiger partial charge in [-0.25, -0.2) is 0 Å². The number of halogens is 1. The molecule has 0 aromatic carbocycles. The first-order valence-corrected chi connectivity index (χ1v) is 5.84. The molecule has 0 aliphatic carbocycles. The summed E-state index contributed by atoms with van der Waals surface area (Å²) in [5.74, 6) is 0.169. The molecule has 0 spiro atoms. The van der Waals surface area contributed by atoms with Crippen molar-refractivity contribution in [3.8, 4) is 0 Å². The van der Waals surface area contributed by atoms with E-state index < -0.39 is 0 Å². The van der Waals surface area contributed by atoms with Crippen molar-refractivity contribution >= 4 is 21.8 Å². The van der Waals surface area contributed by atoms with Crippen molar-refractivity contribution in [2.45, 2.75) is 6.54 Å². The van der Waals surface area contributed by atoms with Gasteiger partial charge in [-0.2, -0.15) is 5.10 Å². The van der Waals surface area contributed by atoms with Crippen LogP contribution in [0.25, 0.3) is 0 Å². The highest BCUT2D eigenvalue weighted by Crippen LogP contribution is 2.16. The van der Waals surface area contributed by atoms with Crippen LogP contribution in [0.1, 0.15) is 16.1 Å². The van der Waals surface area contributed by atoms with Crippen molar-refractivity contribution in [2.75, 3.05) is 7.05 Å². The van der Waals surface area contributed by atoms with Crippen molar-refractivity contribution in [1.82, 2.24) is 14.7 Å². The predicted octanol–water partition coefficient (Wildman–Crippen LogP) is 2.05. The number of furan rings is 1. The first-order chi connectivity index (χ1) is 8.06. The van der Waals surface area contributed by atoms with Gasteiger partial charge in [-0.1, -0.05) is 0 Å². The molecule has 2 rings (SSSR count). The van der Waals surface area contributed by atoms with Gasteiger partial charge in [0.1, 0.15) is 0 Å². The topological polar surface area (TPSA) is 51.3 Å². The number of amides is 1. The van der Waals surface area contributed by atoms with Crippen LogP contribution in [-0.2, 0) is 13.6 Å². The van der Waals surface area contributed by atoms with Crippen molar-refractivity contribution in [3.05, 3.63) is 40.5 Å². The molecule has 0 N–H and O–H groups in total. The third-order valence-electron chi connectivity index (χ3n) is 2.31. The Kier molecular flexibility index (Phi) is 3.33. The highest BCUT2D eigenvalue weighted by atomic mass is 79.9. The standard InChI is InChI=1S/C11H12BrN3O2/c1-14(6-8-5-13-15(2)7-8)11(16)9-3-4-10(12)17-9/h3-5,7H,6H2,1-2H3. The number of hydrogen-bond acceptors (Lipinski definition) is 3. The molecule has 6 heteroatoms. The van der Waals surface area contributed by atoms with E-state index in [1.807, 2.05) is 13.2 Å². The fourth-order valence-electron chi connectivity index (χ4n) is 1.52. The molecule has 0 saturated heterocycles. The highest BCUT2D eigenvalue weighted by Gasteiger charge is 2.16. The Hall–Kier alpha value is -1.56. The molecular formula is C11H12BrN3O2. The van der Waals surface area contributed by atoms with Crippen molar-refractivity contribution in [2.24, 2.45) is 7.05 Å². The number of carbonyl (C=O) groups excluding carboxylic acids is 1. The van der Waals surface area contributed by atoms with Gasteiger partial charge in [-0.05, 0) is 28.1 Å². The molecule has 5 nitrogen and oxygen atoms in total. The molecule has 0 unspecified atom stereocenters. The molecule has 0 bridgehead atoms. The number of rotatable bonds is 3. The number of aromatic nitrogens is 2. The molecule has 0 saturated carbocycles. The van der Waals surface area contributed by atoms with E-state index in [1.54, 1.807) is 35.0 Å². The summed E-state index contributed by atoms with van der Waals surface area (Å²) in [6.07, 6.45) is 3.61. The summed E-state index contributed by atoms with van der Waals surface area (Å²) in [4.78, 5) is 13.5. The van der Waals surface area contributed by atoms with E-state index in [0.717, 1.165) is 5.56 Å². The second-order valence-electron chi connectivity index (χ2n) is 3.79. The zero-order valence-corrected chi connectivity index (χ0v) is 11.1. The van der Waals surface area contributed by atoms with Crippen LogP contribution in [0, 0.1) is 0 Å². The second-order valence-corrected chi connectivity index (χ2v) is 4.57. The Morgan fingerprint density at radius 2 is 2.35 bits per heavy atom. The van der Waals surface area contributed by atoms with E-state index in [4.69, 9.17) is 4.42 Å². The van der Waals surface area contributed by atoms with Crippen LogP contribution in [0.4, 0.5) is 0 Å². The fraction of sp³-hybridized carbons (Fsp3) is 0.273. The second kappa shape index (κ2) is 4.75. The highest BCUT2D eigenvalue weighted by molar-refractivity contribution is 9.10. The van der Waals surface area contributed by atoms with Gasteiger partial charge >= 0.3 is 0 Å². The van der Waals surface area contributed by atoms with Gasteiger partial charge in [0.15, 0.2) is 10.4 Å². The lowest BCUT2D eigenvalue weighted by molar-refractivity contribution is 0.0752. The first-order valence-electron chi connectivity index (χ1n) is 5.04. The lowest BCUT2D eigenvalue weighted by atomic mass is 10.3. The van der Waals surface area contributed by atoms with Crippen LogP contribution in [0.2, 0.25) is 0 Å². The molecule has 2 heterocycles. The molecular weight excluding hydrogens is 286 g/mol. The summed E-state index contributed by atoms with van der Waals surface area (Å²) in [6.45, 7) is 0.505. The van der Waals surface area contributed by atoms with Gasteiger partial charge in [-0.3, -0.25) is 9.48 Å². The number of carbonyl (C=O) groups is 1. The molecule has 17 heavy (non-hydrogen) atoms. The van der Waals surface area contributed by atoms with E-state index in [-0.39, 0.29) is 5.91 Å². The number of aryl methyl sites for hydroxylation is 1. The molecule has 0 aliphatic heterocycles. The Labute approximate surface area is 107 Å². The van der Waals surface area contributed by atoms with E-state index in [9.17, 15) is 4.79 Å². The summed E-state index contributed by atoms with van der Waals surface area (Å²) in [6, 6.07) is 3.34. The average molecular weight is 298 g/mol. The van der Waals surface area contributed by atoms with Crippen molar-refractivity contribution < 1.29 is 9.21 Å². The van der Waals surface area contributed by atoms with Gasteiger partial charge < -0.3 is 9.32 Å². The third kappa shape index (κ3) is 2.76. The van der Waals surface area contributed by atoms with Crippen LogP contribution in [0.3, 0.4) is 0 Å². The van der Waals surface area contributed by atoms with Crippen LogP contribution in [0.5, 0.6) is 0 Å². The third-order valence-corrected chi connectivity index (χ3v) is 2.73. The van der Waals surface area contributed by atoms with E-state index in [1.165, 1.54) is 0 Å². The molecule has 2 aromatic heterocycles. The van der Waals surface area contributed by atoms with Gasteiger partial charge in [0, 0.05) is 32.4 Å². The van der Waals surface area contributed by atoms with Gasteiger partial charge in [-0.15, -0.1) is 0 Å². The SMILES string of the molecule is CN(Cc1cnn(C)c1)C(=O)c1ccc(Br)o1. The molecule has 0 atom stereocenters. The van der Waals surface area contributed by atoms with E-state index in [0.29, 0.717) is 17.0 Å². The summed E-state index contributed by atoms with van der Waals surface area (Å²) < 4.78 is 7.47. The van der Waals surface area contributed by atoms with Crippen molar-refractivity contribution in [1.29, 1.82) is 0 Å². The fourth-order valence-corrected chi connectivity index (χ4v) is 1.82. The van der Waals surface area contributed by atoms with Crippen LogP contribution >= 0.6 is 15.9 Å². The zero-order valence-electron chi connectivity index (χ0n) is 9.55. The van der Waals surface area contributed by atoms with E-state index in [2.05, 4.69) is 21.0 Å². The van der Waals surface area contributed by atoms with Gasteiger partial charge in [0.25, 0.3) is 5.91 Å². The minimum atomic E-state index is -0.153. The van der Waals surface area contributed by atoms with Crippen molar-refractivity contribution in [3.63, 3.8) is 0 Å². The summed E-state index contributed by atoms with van der Waals surface area (Å²) in [7, 11) is 3.57. The molecule has 2 aromatic rings. The Morgan fingerprint density at radius 1 is 1.59 bits per heavy atom. The molecule has 1 amide bonds. The summed E-state index contributed by atoms with van der Waals surface area (Å²) in [5, 5.41) is 4.05. The predicted molar refractivity (Wildman–Crippen MR) is 65.4 cm³/mol. The zero-order chi connectivity index (χ0) is 12.4. The maximum absolute atomic E-state index is 12.0. The van der Waals surface area contributed by atoms with E-state index >= 15 is 0 Å². The molecule has 0 fully saturated rings. The van der Waals surface area contributed by atoms with Crippen LogP contribution < -0.4 is 0 Å². The Balaban J connectivity index is 2.05. The minimum Gasteiger partial charge on any atom is -0.444 e. The molecule has 0 radical (unpaired) electrons. The largest absolute Gasteiger partial charge is 0.444 e. The Bertz CT molecular complexity index is 532. The minimum absolute atomic E-state index is 0.153. The quantitative estimate of drug-likeness (QED) is 0.871. The normalized spacial score (nSPS) is 10.5. The lowest BCUT2D eigenvalue weighted by Gasteiger charge is -2.14. The van der Waals surface area contributed by atoms with Gasteiger partial charge in [0.05, 0.1) is 6.20 Å². The number of hydrogen-bond donors (Lipinski definition) is 0. The average Bonchev–Trinajstić information content (AvgIpc) is 2.87. The Morgan fingerprint density at radius 3 is 2.88 bits per heavy atom. The van der Waals surface area contributed by atoms with Gasteiger partial charge in [0.2, 0.25) is 0 Å². The maximum atomic E-state index is 12.0. The van der Waals surface area contributed by atoms with Crippen LogP contribution in [-0.4, -0.2) is 27.6 Å². The number of nitrogens with zero attached hydrogens (tertiary/aromatic N) is 3. The van der Waals surface area contributed by atoms with Crippen LogP contribution in [0.15, 0.2) is 33.6 Å². The monoisotopic (exact) mass is 297 g/mol. The smallest absolute Gasteiger partial charge is 0.289 e. The molecule has 90 valence electrons. The molecule has 0 aliphatic rings. The lowest BCUT2D eigenvalue weighted by Crippen LogP contribution is -2.25. The first kappa shape index (κ1) is 11.9. The summed E-state index contributed by atoms with van der Waals surface area (Å²) >= 11 is 3.17.